The SMILES string of the molecule is CC(CNC(=O)NCc1cccnc1)CC(=O)O. The first-order valence-corrected chi connectivity index (χ1v) is 5.70. The second kappa shape index (κ2) is 7.26. The summed E-state index contributed by atoms with van der Waals surface area (Å²) in [5, 5.41) is 13.9. The Balaban J connectivity index is 2.20. The fourth-order valence-corrected chi connectivity index (χ4v) is 1.38. The van der Waals surface area contributed by atoms with Gasteiger partial charge in [-0.2, -0.15) is 0 Å². The molecule has 3 N–H and O–H groups in total. The van der Waals surface area contributed by atoms with Crippen LogP contribution in [0.4, 0.5) is 4.79 Å². The summed E-state index contributed by atoms with van der Waals surface area (Å²) in [5.41, 5.74) is 0.909. The van der Waals surface area contributed by atoms with Crippen molar-refractivity contribution in [2.45, 2.75) is 19.9 Å². The number of aliphatic carboxylic acids is 1. The van der Waals surface area contributed by atoms with Crippen LogP contribution in [0, 0.1) is 5.92 Å². The molecule has 1 atom stereocenters. The average molecular weight is 251 g/mol. The van der Waals surface area contributed by atoms with Gasteiger partial charge in [-0.25, -0.2) is 4.79 Å². The van der Waals surface area contributed by atoms with Crippen LogP contribution in [0.15, 0.2) is 24.5 Å². The van der Waals surface area contributed by atoms with Crippen LogP contribution in [0.25, 0.3) is 0 Å². The number of nitrogens with zero attached hydrogens (tertiary/aromatic N) is 1. The van der Waals surface area contributed by atoms with Gasteiger partial charge in [-0.15, -0.1) is 0 Å². The third-order valence-electron chi connectivity index (χ3n) is 2.31. The number of carbonyl (C=O) groups excluding carboxylic acids is 1. The van der Waals surface area contributed by atoms with Crippen molar-refractivity contribution in [3.63, 3.8) is 0 Å². The van der Waals surface area contributed by atoms with Crippen molar-refractivity contribution >= 4 is 12.0 Å². The molecule has 0 aliphatic rings. The van der Waals surface area contributed by atoms with Crippen molar-refractivity contribution in [1.82, 2.24) is 15.6 Å². The number of amides is 2. The van der Waals surface area contributed by atoms with Gasteiger partial charge in [-0.3, -0.25) is 9.78 Å². The molecule has 0 aromatic carbocycles. The van der Waals surface area contributed by atoms with Crippen LogP contribution in [0.5, 0.6) is 0 Å². The Morgan fingerprint density at radius 1 is 1.44 bits per heavy atom. The predicted octanol–water partition coefficient (Wildman–Crippen LogP) is 0.992. The van der Waals surface area contributed by atoms with Crippen molar-refractivity contribution in [1.29, 1.82) is 0 Å². The molecule has 0 fully saturated rings. The van der Waals surface area contributed by atoms with Crippen LogP contribution >= 0.6 is 0 Å². The highest BCUT2D eigenvalue weighted by molar-refractivity contribution is 5.74. The summed E-state index contributed by atoms with van der Waals surface area (Å²) < 4.78 is 0. The maximum Gasteiger partial charge on any atom is 0.315 e. The highest BCUT2D eigenvalue weighted by atomic mass is 16.4. The summed E-state index contributed by atoms with van der Waals surface area (Å²) in [6.45, 7) is 2.51. The molecule has 1 aromatic heterocycles. The molecule has 18 heavy (non-hydrogen) atoms. The Kier molecular flexibility index (Phi) is 5.63. The van der Waals surface area contributed by atoms with Crippen LogP contribution < -0.4 is 10.6 Å². The van der Waals surface area contributed by atoms with E-state index in [1.54, 1.807) is 25.4 Å². The molecule has 1 rings (SSSR count). The number of aromatic nitrogens is 1. The maximum absolute atomic E-state index is 11.4. The van der Waals surface area contributed by atoms with E-state index in [0.29, 0.717) is 13.1 Å². The van der Waals surface area contributed by atoms with Crippen molar-refractivity contribution in [3.05, 3.63) is 30.1 Å². The molecule has 0 radical (unpaired) electrons. The van der Waals surface area contributed by atoms with E-state index in [9.17, 15) is 9.59 Å². The monoisotopic (exact) mass is 251 g/mol. The summed E-state index contributed by atoms with van der Waals surface area (Å²) in [5.74, 6) is -0.952. The van der Waals surface area contributed by atoms with E-state index >= 15 is 0 Å². The summed E-state index contributed by atoms with van der Waals surface area (Å²) in [4.78, 5) is 25.8. The largest absolute Gasteiger partial charge is 0.481 e. The molecule has 1 aromatic rings. The standard InChI is InChI=1S/C12H17N3O3/c1-9(5-11(16)17)6-14-12(18)15-8-10-3-2-4-13-7-10/h2-4,7,9H,5-6,8H2,1H3,(H,16,17)(H2,14,15,18). The molecule has 2 amide bonds. The van der Waals surface area contributed by atoms with Gasteiger partial charge in [-0.1, -0.05) is 13.0 Å². The first-order valence-electron chi connectivity index (χ1n) is 5.70. The molecule has 1 unspecified atom stereocenters. The molecule has 1 heterocycles. The van der Waals surface area contributed by atoms with Gasteiger partial charge in [0.25, 0.3) is 0 Å². The number of nitrogens with one attached hydrogen (secondary N) is 2. The minimum atomic E-state index is -0.861. The van der Waals surface area contributed by atoms with E-state index in [4.69, 9.17) is 5.11 Å². The Bertz CT molecular complexity index is 395. The van der Waals surface area contributed by atoms with E-state index < -0.39 is 5.97 Å². The molecular weight excluding hydrogens is 234 g/mol. The van der Waals surface area contributed by atoms with Crippen LogP contribution in [-0.2, 0) is 11.3 Å². The average Bonchev–Trinajstić information content (AvgIpc) is 2.34. The lowest BCUT2D eigenvalue weighted by atomic mass is 10.1. The Labute approximate surface area is 105 Å². The molecule has 0 bridgehead atoms. The molecule has 98 valence electrons. The summed E-state index contributed by atoms with van der Waals surface area (Å²) >= 11 is 0. The third kappa shape index (κ3) is 5.83. The number of urea groups is 1. The van der Waals surface area contributed by atoms with Gasteiger partial charge in [0.15, 0.2) is 0 Å². The molecule has 0 saturated carbocycles. The zero-order chi connectivity index (χ0) is 13.4. The van der Waals surface area contributed by atoms with Gasteiger partial charge in [-0.05, 0) is 17.5 Å². The van der Waals surface area contributed by atoms with Crippen molar-refractivity contribution in [2.75, 3.05) is 6.54 Å². The highest BCUT2D eigenvalue weighted by Gasteiger charge is 2.08. The van der Waals surface area contributed by atoms with Crippen LogP contribution in [0.2, 0.25) is 0 Å². The Morgan fingerprint density at radius 3 is 2.83 bits per heavy atom. The van der Waals surface area contributed by atoms with E-state index in [1.807, 2.05) is 6.07 Å². The highest BCUT2D eigenvalue weighted by Crippen LogP contribution is 1.99. The fourth-order valence-electron chi connectivity index (χ4n) is 1.38. The molecule has 0 aliphatic carbocycles. The van der Waals surface area contributed by atoms with E-state index in [1.165, 1.54) is 0 Å². The number of carbonyl (C=O) groups is 2. The number of carboxylic acid groups (broad SMARTS) is 1. The first-order chi connectivity index (χ1) is 8.58. The zero-order valence-electron chi connectivity index (χ0n) is 10.2. The molecule has 0 saturated heterocycles. The molecule has 6 nitrogen and oxygen atoms in total. The number of pyridine rings is 1. The van der Waals surface area contributed by atoms with Crippen LogP contribution in [0.1, 0.15) is 18.9 Å². The first kappa shape index (κ1) is 14.0. The summed E-state index contributed by atoms with van der Waals surface area (Å²) in [6, 6.07) is 3.35. The van der Waals surface area contributed by atoms with Gasteiger partial charge in [0, 0.05) is 31.9 Å². The Hall–Kier alpha value is -2.11. The van der Waals surface area contributed by atoms with Gasteiger partial charge >= 0.3 is 12.0 Å². The van der Waals surface area contributed by atoms with Crippen molar-refractivity contribution in [2.24, 2.45) is 5.92 Å². The van der Waals surface area contributed by atoms with Crippen LogP contribution in [0.3, 0.4) is 0 Å². The summed E-state index contributed by atoms with van der Waals surface area (Å²) in [6.07, 6.45) is 3.38. The lowest BCUT2D eigenvalue weighted by Gasteiger charge is -2.11. The Morgan fingerprint density at radius 2 is 2.22 bits per heavy atom. The van der Waals surface area contributed by atoms with Crippen molar-refractivity contribution < 1.29 is 14.7 Å². The summed E-state index contributed by atoms with van der Waals surface area (Å²) in [7, 11) is 0. The van der Waals surface area contributed by atoms with Gasteiger partial charge < -0.3 is 15.7 Å². The maximum atomic E-state index is 11.4. The zero-order valence-corrected chi connectivity index (χ0v) is 10.2. The second-order valence-corrected chi connectivity index (χ2v) is 4.13. The molecule has 6 heteroatoms. The second-order valence-electron chi connectivity index (χ2n) is 4.13. The van der Waals surface area contributed by atoms with E-state index in [-0.39, 0.29) is 18.4 Å². The molecular formula is C12H17N3O3. The van der Waals surface area contributed by atoms with E-state index in [2.05, 4.69) is 15.6 Å². The minimum Gasteiger partial charge on any atom is -0.481 e. The fraction of sp³-hybridized carbons (Fsp3) is 0.417. The lowest BCUT2D eigenvalue weighted by molar-refractivity contribution is -0.137. The minimum absolute atomic E-state index is 0.0445. The van der Waals surface area contributed by atoms with Crippen molar-refractivity contribution in [3.8, 4) is 0 Å². The van der Waals surface area contributed by atoms with Gasteiger partial charge in [0.2, 0.25) is 0 Å². The number of carboxylic acids is 1. The smallest absolute Gasteiger partial charge is 0.315 e. The third-order valence-corrected chi connectivity index (χ3v) is 2.31. The normalized spacial score (nSPS) is 11.6. The van der Waals surface area contributed by atoms with Gasteiger partial charge in [0.1, 0.15) is 0 Å². The number of hydrogen-bond acceptors (Lipinski definition) is 3. The number of hydrogen-bond donors (Lipinski definition) is 3. The lowest BCUT2D eigenvalue weighted by Crippen LogP contribution is -2.37. The van der Waals surface area contributed by atoms with Crippen LogP contribution in [-0.4, -0.2) is 28.6 Å². The quantitative estimate of drug-likeness (QED) is 0.703. The predicted molar refractivity (Wildman–Crippen MR) is 65.9 cm³/mol. The topological polar surface area (TPSA) is 91.3 Å². The van der Waals surface area contributed by atoms with Gasteiger partial charge in [0.05, 0.1) is 0 Å². The molecule has 0 spiro atoms. The number of rotatable bonds is 6. The van der Waals surface area contributed by atoms with E-state index in [0.717, 1.165) is 5.56 Å². The molecule has 0 aliphatic heterocycles.